The Kier molecular flexibility index (Phi) is 5.41. The van der Waals surface area contributed by atoms with Crippen LogP contribution in [0.15, 0.2) is 24.3 Å². The van der Waals surface area contributed by atoms with Gasteiger partial charge in [-0.2, -0.15) is 0 Å². The Morgan fingerprint density at radius 2 is 2.12 bits per heavy atom. The minimum Gasteiger partial charge on any atom is -0.496 e. The molecule has 132 valence electrons. The molecule has 3 rings (SSSR count). The van der Waals surface area contributed by atoms with Crippen LogP contribution in [0.2, 0.25) is 0 Å². The fourth-order valence-electron chi connectivity index (χ4n) is 3.97. The first-order valence-electron chi connectivity index (χ1n) is 8.90. The molecule has 1 heterocycles. The van der Waals surface area contributed by atoms with Gasteiger partial charge in [-0.25, -0.2) is 0 Å². The van der Waals surface area contributed by atoms with E-state index in [2.05, 4.69) is 10.2 Å². The Labute approximate surface area is 144 Å². The Hall–Kier alpha value is -1.59. The smallest absolute Gasteiger partial charge is 0.234 e. The van der Waals surface area contributed by atoms with Crippen LogP contribution >= 0.6 is 0 Å². The zero-order valence-corrected chi connectivity index (χ0v) is 14.7. The number of morpholine rings is 1. The zero-order valence-electron chi connectivity index (χ0n) is 14.7. The highest BCUT2D eigenvalue weighted by atomic mass is 16.5. The van der Waals surface area contributed by atoms with Crippen LogP contribution in [0.5, 0.6) is 5.75 Å². The second-order valence-corrected chi connectivity index (χ2v) is 6.98. The molecule has 1 atom stereocenters. The predicted octanol–water partition coefficient (Wildman–Crippen LogP) is 2.52. The van der Waals surface area contributed by atoms with Crippen molar-refractivity contribution >= 4 is 5.91 Å². The third-order valence-corrected chi connectivity index (χ3v) is 5.19. The molecule has 1 aromatic carbocycles. The first-order chi connectivity index (χ1) is 11.6. The largest absolute Gasteiger partial charge is 0.496 e. The van der Waals surface area contributed by atoms with Crippen LogP contribution in [0, 0.1) is 0 Å². The van der Waals surface area contributed by atoms with E-state index in [0.717, 1.165) is 43.9 Å². The summed E-state index contributed by atoms with van der Waals surface area (Å²) in [4.78, 5) is 14.7. The number of para-hydroxylation sites is 1. The number of rotatable bonds is 5. The van der Waals surface area contributed by atoms with E-state index in [1.165, 1.54) is 12.8 Å². The molecule has 1 aliphatic heterocycles. The SMILES string of the molecule is COc1ccccc1C(C)NC(=O)CN1CCOC2(CCCC2)C1. The lowest BCUT2D eigenvalue weighted by molar-refractivity contribution is -0.130. The molecule has 1 aromatic rings. The van der Waals surface area contributed by atoms with E-state index >= 15 is 0 Å². The molecule has 1 unspecified atom stereocenters. The Balaban J connectivity index is 1.55. The molecule has 5 nitrogen and oxygen atoms in total. The maximum Gasteiger partial charge on any atom is 0.234 e. The van der Waals surface area contributed by atoms with Gasteiger partial charge in [0.25, 0.3) is 0 Å². The van der Waals surface area contributed by atoms with Crippen LogP contribution in [0.1, 0.15) is 44.2 Å². The van der Waals surface area contributed by atoms with Crippen LogP contribution in [-0.4, -0.2) is 49.8 Å². The number of hydrogen-bond acceptors (Lipinski definition) is 4. The first kappa shape index (κ1) is 17.2. The third kappa shape index (κ3) is 3.90. The topological polar surface area (TPSA) is 50.8 Å². The van der Waals surface area contributed by atoms with Gasteiger partial charge in [0, 0.05) is 18.7 Å². The molecule has 1 saturated heterocycles. The summed E-state index contributed by atoms with van der Waals surface area (Å²) in [6.07, 6.45) is 4.74. The predicted molar refractivity (Wildman–Crippen MR) is 93.1 cm³/mol. The number of nitrogens with one attached hydrogen (secondary N) is 1. The molecule has 0 aromatic heterocycles. The van der Waals surface area contributed by atoms with E-state index in [1.54, 1.807) is 7.11 Å². The van der Waals surface area contributed by atoms with Gasteiger partial charge in [-0.05, 0) is 25.8 Å². The second-order valence-electron chi connectivity index (χ2n) is 6.98. The number of nitrogens with zero attached hydrogens (tertiary/aromatic N) is 1. The maximum absolute atomic E-state index is 12.5. The van der Waals surface area contributed by atoms with E-state index in [0.29, 0.717) is 6.54 Å². The lowest BCUT2D eigenvalue weighted by Gasteiger charge is -2.40. The summed E-state index contributed by atoms with van der Waals surface area (Å²) in [6.45, 7) is 4.87. The summed E-state index contributed by atoms with van der Waals surface area (Å²) in [5, 5.41) is 3.10. The van der Waals surface area contributed by atoms with Crippen molar-refractivity contribution in [2.75, 3.05) is 33.4 Å². The minimum atomic E-state index is -0.0740. The van der Waals surface area contributed by atoms with Gasteiger partial charge in [-0.15, -0.1) is 0 Å². The molecule has 1 saturated carbocycles. The van der Waals surface area contributed by atoms with Crippen LogP contribution in [0.3, 0.4) is 0 Å². The van der Waals surface area contributed by atoms with E-state index < -0.39 is 0 Å². The molecule has 24 heavy (non-hydrogen) atoms. The van der Waals surface area contributed by atoms with Gasteiger partial charge in [-0.1, -0.05) is 31.0 Å². The highest BCUT2D eigenvalue weighted by Crippen LogP contribution is 2.35. The van der Waals surface area contributed by atoms with Crippen molar-refractivity contribution in [3.63, 3.8) is 0 Å². The molecule has 1 aliphatic carbocycles. The van der Waals surface area contributed by atoms with Gasteiger partial charge in [0.15, 0.2) is 0 Å². The highest BCUT2D eigenvalue weighted by Gasteiger charge is 2.39. The summed E-state index contributed by atoms with van der Waals surface area (Å²) in [5.41, 5.74) is 1.01. The summed E-state index contributed by atoms with van der Waals surface area (Å²) in [5.74, 6) is 0.866. The minimum absolute atomic E-state index is 0.00674. The van der Waals surface area contributed by atoms with Crippen molar-refractivity contribution in [3.8, 4) is 5.75 Å². The fourth-order valence-corrected chi connectivity index (χ4v) is 3.97. The first-order valence-corrected chi connectivity index (χ1v) is 8.90. The van der Waals surface area contributed by atoms with Gasteiger partial charge in [0.05, 0.1) is 31.9 Å². The van der Waals surface area contributed by atoms with Crippen molar-refractivity contribution in [2.45, 2.75) is 44.2 Å². The van der Waals surface area contributed by atoms with Gasteiger partial charge in [0.1, 0.15) is 5.75 Å². The van der Waals surface area contributed by atoms with Gasteiger partial charge in [0.2, 0.25) is 5.91 Å². The van der Waals surface area contributed by atoms with Crippen molar-refractivity contribution in [3.05, 3.63) is 29.8 Å². The molecule has 1 N–H and O–H groups in total. The summed E-state index contributed by atoms with van der Waals surface area (Å²) < 4.78 is 11.4. The summed E-state index contributed by atoms with van der Waals surface area (Å²) >= 11 is 0. The van der Waals surface area contributed by atoms with Crippen molar-refractivity contribution in [2.24, 2.45) is 0 Å². The molecule has 1 amide bonds. The number of carbonyl (C=O) groups is 1. The summed E-state index contributed by atoms with van der Waals surface area (Å²) in [6, 6.07) is 7.74. The van der Waals surface area contributed by atoms with Crippen molar-refractivity contribution < 1.29 is 14.3 Å². The average molecular weight is 332 g/mol. The molecule has 0 radical (unpaired) electrons. The van der Waals surface area contributed by atoms with Crippen LogP contribution in [0.25, 0.3) is 0 Å². The number of carbonyl (C=O) groups excluding carboxylic acids is 1. The van der Waals surface area contributed by atoms with Gasteiger partial charge >= 0.3 is 0 Å². The van der Waals surface area contributed by atoms with Crippen molar-refractivity contribution in [1.29, 1.82) is 0 Å². The Bertz CT molecular complexity index is 569. The number of amides is 1. The molecule has 0 bridgehead atoms. The van der Waals surface area contributed by atoms with E-state index in [4.69, 9.17) is 9.47 Å². The number of ether oxygens (including phenoxy) is 2. The fraction of sp³-hybridized carbons (Fsp3) is 0.632. The zero-order chi connectivity index (χ0) is 17.0. The monoisotopic (exact) mass is 332 g/mol. The van der Waals surface area contributed by atoms with E-state index in [-0.39, 0.29) is 17.6 Å². The van der Waals surface area contributed by atoms with Gasteiger partial charge in [-0.3, -0.25) is 9.69 Å². The van der Waals surface area contributed by atoms with Crippen LogP contribution < -0.4 is 10.1 Å². The number of benzene rings is 1. The molecule has 1 spiro atoms. The molecule has 5 heteroatoms. The Morgan fingerprint density at radius 3 is 2.88 bits per heavy atom. The third-order valence-electron chi connectivity index (χ3n) is 5.19. The number of hydrogen-bond donors (Lipinski definition) is 1. The molecular formula is C19H28N2O3. The lowest BCUT2D eigenvalue weighted by Crippen LogP contribution is -2.52. The van der Waals surface area contributed by atoms with Crippen LogP contribution in [0.4, 0.5) is 0 Å². The standard InChI is InChI=1S/C19H28N2O3/c1-15(16-7-3-4-8-17(16)23-2)20-18(22)13-21-11-12-24-19(14-21)9-5-6-10-19/h3-4,7-8,15H,5-6,9-14H2,1-2H3,(H,20,22). The van der Waals surface area contributed by atoms with E-state index in [9.17, 15) is 4.79 Å². The van der Waals surface area contributed by atoms with E-state index in [1.807, 2.05) is 31.2 Å². The lowest BCUT2D eigenvalue weighted by atomic mass is 10.00. The molecule has 2 fully saturated rings. The highest BCUT2D eigenvalue weighted by molar-refractivity contribution is 5.78. The average Bonchev–Trinajstić information content (AvgIpc) is 3.02. The normalized spacial score (nSPS) is 21.6. The summed E-state index contributed by atoms with van der Waals surface area (Å²) in [7, 11) is 1.65. The molecular weight excluding hydrogens is 304 g/mol. The number of methoxy groups -OCH3 is 1. The van der Waals surface area contributed by atoms with Crippen LogP contribution in [-0.2, 0) is 9.53 Å². The Morgan fingerprint density at radius 1 is 1.38 bits per heavy atom. The van der Waals surface area contributed by atoms with Gasteiger partial charge < -0.3 is 14.8 Å². The second kappa shape index (κ2) is 7.53. The molecule has 2 aliphatic rings. The maximum atomic E-state index is 12.5. The van der Waals surface area contributed by atoms with Crippen molar-refractivity contribution in [1.82, 2.24) is 10.2 Å². The quantitative estimate of drug-likeness (QED) is 0.900.